The van der Waals surface area contributed by atoms with Crippen LogP contribution in [0, 0.1) is 6.92 Å². The molecule has 0 bridgehead atoms. The van der Waals surface area contributed by atoms with Crippen molar-refractivity contribution in [1.82, 2.24) is 14.3 Å². The number of benzene rings is 1. The second kappa shape index (κ2) is 6.53. The molecule has 1 fully saturated rings. The summed E-state index contributed by atoms with van der Waals surface area (Å²) in [5.74, 6) is 1.25. The summed E-state index contributed by atoms with van der Waals surface area (Å²) >= 11 is 0. The van der Waals surface area contributed by atoms with Crippen LogP contribution in [0.25, 0.3) is 5.65 Å². The quantitative estimate of drug-likeness (QED) is 0.740. The highest BCUT2D eigenvalue weighted by molar-refractivity contribution is 5.93. The van der Waals surface area contributed by atoms with Crippen molar-refractivity contribution < 1.29 is 19.4 Å². The molecule has 1 amide bonds. The Morgan fingerprint density at radius 1 is 1.25 bits per heavy atom. The average Bonchev–Trinajstić information content (AvgIpc) is 3.34. The highest BCUT2D eigenvalue weighted by Gasteiger charge is 2.33. The fraction of sp³-hybridized carbons (Fsp3) is 0.333. The van der Waals surface area contributed by atoms with Gasteiger partial charge in [0.2, 0.25) is 6.79 Å². The van der Waals surface area contributed by atoms with Crippen LogP contribution in [-0.4, -0.2) is 51.3 Å². The number of pyridine rings is 1. The van der Waals surface area contributed by atoms with E-state index in [0.717, 1.165) is 22.5 Å². The summed E-state index contributed by atoms with van der Waals surface area (Å²) in [6.45, 7) is 3.05. The van der Waals surface area contributed by atoms with Crippen molar-refractivity contribution in [3.05, 3.63) is 59.5 Å². The minimum atomic E-state index is -0.642. The first kappa shape index (κ1) is 17.1. The van der Waals surface area contributed by atoms with Gasteiger partial charge < -0.3 is 23.9 Å². The average molecular weight is 379 g/mol. The predicted octanol–water partition coefficient (Wildman–Crippen LogP) is 2.36. The number of aromatic nitrogens is 2. The number of fused-ring (bicyclic) bond motifs is 2. The number of aliphatic hydroxyl groups excluding tert-OH is 1. The van der Waals surface area contributed by atoms with Gasteiger partial charge in [0.05, 0.1) is 6.10 Å². The molecule has 5 rings (SSSR count). The number of aliphatic hydroxyl groups is 1. The van der Waals surface area contributed by atoms with E-state index in [1.807, 2.05) is 47.9 Å². The summed E-state index contributed by atoms with van der Waals surface area (Å²) < 4.78 is 12.7. The Balaban J connectivity index is 1.33. The molecule has 2 aliphatic rings. The van der Waals surface area contributed by atoms with Crippen LogP contribution in [0.2, 0.25) is 0 Å². The maximum absolute atomic E-state index is 12.9. The van der Waals surface area contributed by atoms with Gasteiger partial charge in [0.1, 0.15) is 11.3 Å². The van der Waals surface area contributed by atoms with Crippen molar-refractivity contribution in [3.63, 3.8) is 0 Å². The molecule has 3 aromatic rings. The molecule has 0 unspecified atom stereocenters. The number of amides is 1. The molecule has 0 saturated carbocycles. The SMILES string of the molecule is Cc1cccn2cc(C(=O)N3CC[C@@H](c4ccc5c(c4)OCO5)[C@H](O)C3)nc12. The maximum Gasteiger partial charge on any atom is 0.274 e. The molecule has 7 heteroatoms. The van der Waals surface area contributed by atoms with Crippen LogP contribution in [0.15, 0.2) is 42.7 Å². The van der Waals surface area contributed by atoms with Crippen molar-refractivity contribution in [2.45, 2.75) is 25.4 Å². The summed E-state index contributed by atoms with van der Waals surface area (Å²) in [6, 6.07) is 9.67. The molecule has 7 nitrogen and oxygen atoms in total. The Kier molecular flexibility index (Phi) is 3.98. The summed E-state index contributed by atoms with van der Waals surface area (Å²) in [5.41, 5.74) is 3.21. The van der Waals surface area contributed by atoms with Gasteiger partial charge in [-0.1, -0.05) is 12.1 Å². The van der Waals surface area contributed by atoms with E-state index in [0.29, 0.717) is 24.4 Å². The number of β-amino-alcohol motifs (C(OH)–C–C–N with tert-alkyl or cyclic N) is 1. The fourth-order valence-electron chi connectivity index (χ4n) is 4.07. The minimum Gasteiger partial charge on any atom is -0.454 e. The van der Waals surface area contributed by atoms with Gasteiger partial charge in [-0.25, -0.2) is 4.98 Å². The molecule has 144 valence electrons. The number of hydrogen-bond donors (Lipinski definition) is 1. The highest BCUT2D eigenvalue weighted by atomic mass is 16.7. The number of aryl methyl sites for hydroxylation is 1. The van der Waals surface area contributed by atoms with E-state index in [1.165, 1.54) is 0 Å². The van der Waals surface area contributed by atoms with Crippen molar-refractivity contribution in [2.24, 2.45) is 0 Å². The van der Waals surface area contributed by atoms with Crippen LogP contribution in [0.4, 0.5) is 0 Å². The summed E-state index contributed by atoms with van der Waals surface area (Å²) in [7, 11) is 0. The van der Waals surface area contributed by atoms with E-state index in [-0.39, 0.29) is 25.2 Å². The van der Waals surface area contributed by atoms with Crippen LogP contribution >= 0.6 is 0 Å². The number of ether oxygens (including phenoxy) is 2. The standard InChI is InChI=1S/C21H21N3O4/c1-13-3-2-7-23-10-16(22-20(13)23)21(26)24-8-6-15(17(25)11-24)14-4-5-18-19(9-14)28-12-27-18/h2-5,7,9-10,15,17,25H,6,8,11-12H2,1H3/t15-,17+/m0/s1. The second-order valence-corrected chi connectivity index (χ2v) is 7.37. The van der Waals surface area contributed by atoms with Gasteiger partial charge in [-0.3, -0.25) is 4.79 Å². The monoisotopic (exact) mass is 379 g/mol. The lowest BCUT2D eigenvalue weighted by molar-refractivity contribution is 0.0378. The largest absolute Gasteiger partial charge is 0.454 e. The van der Waals surface area contributed by atoms with Crippen molar-refractivity contribution in [2.75, 3.05) is 19.9 Å². The van der Waals surface area contributed by atoms with Crippen LogP contribution in [0.3, 0.4) is 0 Å². The smallest absolute Gasteiger partial charge is 0.274 e. The Hall–Kier alpha value is -3.06. The Labute approximate surface area is 162 Å². The Morgan fingerprint density at radius 2 is 2.11 bits per heavy atom. The van der Waals surface area contributed by atoms with E-state index >= 15 is 0 Å². The van der Waals surface area contributed by atoms with E-state index < -0.39 is 6.10 Å². The van der Waals surface area contributed by atoms with Gasteiger partial charge in [0.15, 0.2) is 11.5 Å². The van der Waals surface area contributed by atoms with Crippen molar-refractivity contribution >= 4 is 11.6 Å². The molecule has 1 aromatic carbocycles. The fourth-order valence-corrected chi connectivity index (χ4v) is 4.07. The molecule has 0 radical (unpaired) electrons. The van der Waals surface area contributed by atoms with E-state index in [1.54, 1.807) is 11.1 Å². The molecule has 0 aliphatic carbocycles. The lowest BCUT2D eigenvalue weighted by Crippen LogP contribution is -2.45. The molecular formula is C21H21N3O4. The van der Waals surface area contributed by atoms with Gasteiger partial charge in [-0.05, 0) is 42.7 Å². The summed E-state index contributed by atoms with van der Waals surface area (Å²) in [4.78, 5) is 19.1. The zero-order valence-corrected chi connectivity index (χ0v) is 15.5. The van der Waals surface area contributed by atoms with Gasteiger partial charge in [-0.15, -0.1) is 0 Å². The topological polar surface area (TPSA) is 76.3 Å². The molecule has 0 spiro atoms. The Bertz CT molecular complexity index is 1060. The number of rotatable bonds is 2. The van der Waals surface area contributed by atoms with E-state index in [2.05, 4.69) is 4.98 Å². The minimum absolute atomic E-state index is 0.0399. The number of carbonyl (C=O) groups is 1. The molecule has 2 atom stereocenters. The molecular weight excluding hydrogens is 358 g/mol. The molecule has 2 aromatic heterocycles. The number of likely N-dealkylation sites (tertiary alicyclic amines) is 1. The third-order valence-corrected chi connectivity index (χ3v) is 5.59. The van der Waals surface area contributed by atoms with Gasteiger partial charge in [0, 0.05) is 31.4 Å². The molecule has 4 heterocycles. The van der Waals surface area contributed by atoms with Gasteiger partial charge in [0.25, 0.3) is 5.91 Å². The molecule has 1 N–H and O–H groups in total. The first-order chi connectivity index (χ1) is 13.6. The van der Waals surface area contributed by atoms with Crippen LogP contribution in [-0.2, 0) is 0 Å². The lowest BCUT2D eigenvalue weighted by atomic mass is 9.87. The lowest BCUT2D eigenvalue weighted by Gasteiger charge is -2.36. The van der Waals surface area contributed by atoms with Gasteiger partial charge >= 0.3 is 0 Å². The molecule has 2 aliphatic heterocycles. The third kappa shape index (κ3) is 2.79. The van der Waals surface area contributed by atoms with Crippen molar-refractivity contribution in [1.29, 1.82) is 0 Å². The first-order valence-electron chi connectivity index (χ1n) is 9.41. The van der Waals surface area contributed by atoms with Crippen LogP contribution < -0.4 is 9.47 Å². The zero-order chi connectivity index (χ0) is 19.3. The second-order valence-electron chi connectivity index (χ2n) is 7.37. The maximum atomic E-state index is 12.9. The first-order valence-corrected chi connectivity index (χ1v) is 9.41. The van der Waals surface area contributed by atoms with Gasteiger partial charge in [-0.2, -0.15) is 0 Å². The summed E-state index contributed by atoms with van der Waals surface area (Å²) in [6.07, 6.45) is 3.67. The number of hydrogen-bond acceptors (Lipinski definition) is 5. The molecule has 28 heavy (non-hydrogen) atoms. The number of carbonyl (C=O) groups excluding carboxylic acids is 1. The number of imidazole rings is 1. The predicted molar refractivity (Wildman–Crippen MR) is 102 cm³/mol. The third-order valence-electron chi connectivity index (χ3n) is 5.59. The van der Waals surface area contributed by atoms with Crippen LogP contribution in [0.5, 0.6) is 11.5 Å². The molecule has 1 saturated heterocycles. The van der Waals surface area contributed by atoms with E-state index in [9.17, 15) is 9.90 Å². The summed E-state index contributed by atoms with van der Waals surface area (Å²) in [5, 5.41) is 10.7. The Morgan fingerprint density at radius 3 is 2.93 bits per heavy atom. The zero-order valence-electron chi connectivity index (χ0n) is 15.5. The number of nitrogens with zero attached hydrogens (tertiary/aromatic N) is 3. The van der Waals surface area contributed by atoms with Crippen molar-refractivity contribution in [3.8, 4) is 11.5 Å². The normalized spacial score (nSPS) is 21.3. The highest BCUT2D eigenvalue weighted by Crippen LogP contribution is 2.37. The van der Waals surface area contributed by atoms with Crippen LogP contribution in [0.1, 0.15) is 34.0 Å². The number of piperidine rings is 1. The van der Waals surface area contributed by atoms with E-state index in [4.69, 9.17) is 9.47 Å².